The summed E-state index contributed by atoms with van der Waals surface area (Å²) in [6.07, 6.45) is 6.61. The molecule has 0 bridgehead atoms. The molecule has 0 aromatic carbocycles. The fourth-order valence-corrected chi connectivity index (χ4v) is 2.20. The number of rotatable bonds is 3. The lowest BCUT2D eigenvalue weighted by atomic mass is 9.98. The van der Waals surface area contributed by atoms with E-state index in [1.807, 2.05) is 19.1 Å². The fourth-order valence-electron chi connectivity index (χ4n) is 2.20. The average Bonchev–Trinajstić information content (AvgIpc) is 2.31. The van der Waals surface area contributed by atoms with Gasteiger partial charge in [-0.15, -0.1) is 0 Å². The Hall–Kier alpha value is -1.09. The van der Waals surface area contributed by atoms with E-state index in [4.69, 9.17) is 10.5 Å². The first-order valence-corrected chi connectivity index (χ1v) is 6.13. The third-order valence-corrected chi connectivity index (χ3v) is 3.23. The second-order valence-corrected chi connectivity index (χ2v) is 4.48. The molecule has 3 nitrogen and oxygen atoms in total. The molecule has 1 heterocycles. The molecule has 0 radical (unpaired) electrons. The fraction of sp³-hybridized carbons (Fsp3) is 0.615. The Balaban J connectivity index is 2.01. The van der Waals surface area contributed by atoms with Gasteiger partial charge in [-0.25, -0.2) is 4.98 Å². The number of hydrogen-bond donors (Lipinski definition) is 1. The average molecular weight is 220 g/mol. The molecule has 0 atom stereocenters. The zero-order valence-corrected chi connectivity index (χ0v) is 9.91. The lowest BCUT2D eigenvalue weighted by Gasteiger charge is -2.22. The van der Waals surface area contributed by atoms with E-state index in [1.165, 1.54) is 32.1 Å². The summed E-state index contributed by atoms with van der Waals surface area (Å²) >= 11 is 0. The summed E-state index contributed by atoms with van der Waals surface area (Å²) in [6.45, 7) is 2.53. The zero-order valence-electron chi connectivity index (χ0n) is 9.91. The van der Waals surface area contributed by atoms with Gasteiger partial charge in [0.1, 0.15) is 6.10 Å². The van der Waals surface area contributed by atoms with Crippen molar-refractivity contribution in [3.8, 4) is 5.88 Å². The van der Waals surface area contributed by atoms with Gasteiger partial charge in [0.15, 0.2) is 0 Å². The van der Waals surface area contributed by atoms with Crippen molar-refractivity contribution in [3.63, 3.8) is 0 Å². The lowest BCUT2D eigenvalue weighted by Crippen LogP contribution is -2.20. The van der Waals surface area contributed by atoms with E-state index >= 15 is 0 Å². The minimum absolute atomic E-state index is 0.365. The predicted octanol–water partition coefficient (Wildman–Crippen LogP) is 2.56. The highest BCUT2D eigenvalue weighted by atomic mass is 16.5. The van der Waals surface area contributed by atoms with Gasteiger partial charge in [-0.05, 0) is 38.2 Å². The van der Waals surface area contributed by atoms with E-state index in [0.29, 0.717) is 12.6 Å². The van der Waals surface area contributed by atoms with Crippen molar-refractivity contribution in [3.05, 3.63) is 23.4 Å². The minimum Gasteiger partial charge on any atom is -0.474 e. The molecule has 0 spiro atoms. The molecule has 3 heteroatoms. The highest BCUT2D eigenvalue weighted by Gasteiger charge is 2.15. The first-order valence-electron chi connectivity index (χ1n) is 6.13. The van der Waals surface area contributed by atoms with Gasteiger partial charge in [0.05, 0.1) is 0 Å². The molecule has 0 saturated heterocycles. The van der Waals surface area contributed by atoms with Crippen molar-refractivity contribution in [2.75, 3.05) is 0 Å². The molecule has 88 valence electrons. The summed E-state index contributed by atoms with van der Waals surface area (Å²) < 4.78 is 5.88. The second kappa shape index (κ2) is 5.30. The molecule has 0 amide bonds. The van der Waals surface area contributed by atoms with E-state index in [-0.39, 0.29) is 0 Å². The molecule has 1 aliphatic rings. The van der Waals surface area contributed by atoms with Crippen LogP contribution in [0.1, 0.15) is 43.4 Å². The summed E-state index contributed by atoms with van der Waals surface area (Å²) in [7, 11) is 0. The molecule has 0 unspecified atom stereocenters. The summed E-state index contributed by atoms with van der Waals surface area (Å²) in [4.78, 5) is 4.44. The van der Waals surface area contributed by atoms with Crippen LogP contribution in [0.2, 0.25) is 0 Å². The number of nitrogens with zero attached hydrogens (tertiary/aromatic N) is 1. The topological polar surface area (TPSA) is 48.1 Å². The number of aromatic nitrogens is 1. The Morgan fingerprint density at radius 1 is 1.31 bits per heavy atom. The smallest absolute Gasteiger partial charge is 0.213 e. The largest absolute Gasteiger partial charge is 0.474 e. The normalized spacial score (nSPS) is 17.4. The Kier molecular flexibility index (Phi) is 3.78. The Morgan fingerprint density at radius 2 is 2.06 bits per heavy atom. The summed E-state index contributed by atoms with van der Waals surface area (Å²) in [5.41, 5.74) is 7.68. The second-order valence-electron chi connectivity index (χ2n) is 4.48. The summed E-state index contributed by atoms with van der Waals surface area (Å²) in [6, 6.07) is 3.95. The van der Waals surface area contributed by atoms with Crippen molar-refractivity contribution < 1.29 is 4.74 Å². The maximum atomic E-state index is 5.88. The highest BCUT2D eigenvalue weighted by Crippen LogP contribution is 2.22. The van der Waals surface area contributed by atoms with Gasteiger partial charge in [0, 0.05) is 18.3 Å². The van der Waals surface area contributed by atoms with Crippen molar-refractivity contribution >= 4 is 0 Å². The van der Waals surface area contributed by atoms with Gasteiger partial charge in [0.2, 0.25) is 5.88 Å². The van der Waals surface area contributed by atoms with Crippen molar-refractivity contribution in [1.82, 2.24) is 4.98 Å². The Labute approximate surface area is 97.0 Å². The predicted molar refractivity (Wildman–Crippen MR) is 64.4 cm³/mol. The van der Waals surface area contributed by atoms with Crippen LogP contribution in [0.15, 0.2) is 12.1 Å². The standard InChI is InChI=1S/C13H20N2O/c1-10-11(9-14)7-8-13(15-10)16-12-5-3-2-4-6-12/h7-8,12H,2-6,9,14H2,1H3. The zero-order chi connectivity index (χ0) is 11.4. The van der Waals surface area contributed by atoms with Gasteiger partial charge < -0.3 is 10.5 Å². The van der Waals surface area contributed by atoms with Crippen LogP contribution in [0.25, 0.3) is 0 Å². The highest BCUT2D eigenvalue weighted by molar-refractivity contribution is 5.24. The summed E-state index contributed by atoms with van der Waals surface area (Å²) in [5, 5.41) is 0. The molecule has 1 fully saturated rings. The van der Waals surface area contributed by atoms with E-state index < -0.39 is 0 Å². The quantitative estimate of drug-likeness (QED) is 0.851. The molecule has 1 aromatic rings. The SMILES string of the molecule is Cc1nc(OC2CCCCC2)ccc1CN. The van der Waals surface area contributed by atoms with Gasteiger partial charge in [0.25, 0.3) is 0 Å². The first kappa shape index (κ1) is 11.4. The van der Waals surface area contributed by atoms with Crippen LogP contribution < -0.4 is 10.5 Å². The monoisotopic (exact) mass is 220 g/mol. The van der Waals surface area contributed by atoms with Crippen molar-refractivity contribution in [2.24, 2.45) is 5.73 Å². The molecular formula is C13H20N2O. The van der Waals surface area contributed by atoms with E-state index in [1.54, 1.807) is 0 Å². The molecule has 1 aromatic heterocycles. The number of aryl methyl sites for hydroxylation is 1. The molecule has 0 aliphatic heterocycles. The van der Waals surface area contributed by atoms with Gasteiger partial charge >= 0.3 is 0 Å². The first-order chi connectivity index (χ1) is 7.79. The maximum absolute atomic E-state index is 5.88. The van der Waals surface area contributed by atoms with Crippen LogP contribution in [0.4, 0.5) is 0 Å². The van der Waals surface area contributed by atoms with Crippen molar-refractivity contribution in [2.45, 2.75) is 51.7 Å². The molecular weight excluding hydrogens is 200 g/mol. The number of pyridine rings is 1. The number of ether oxygens (including phenoxy) is 1. The van der Waals surface area contributed by atoms with Crippen LogP contribution in [0, 0.1) is 6.92 Å². The van der Waals surface area contributed by atoms with Gasteiger partial charge in [-0.2, -0.15) is 0 Å². The lowest BCUT2D eigenvalue weighted by molar-refractivity contribution is 0.148. The Bertz CT molecular complexity index is 346. The van der Waals surface area contributed by atoms with Crippen LogP contribution in [0.3, 0.4) is 0 Å². The van der Waals surface area contributed by atoms with E-state index in [9.17, 15) is 0 Å². The number of nitrogens with two attached hydrogens (primary N) is 1. The Morgan fingerprint density at radius 3 is 2.69 bits per heavy atom. The van der Waals surface area contributed by atoms with Crippen LogP contribution in [0.5, 0.6) is 5.88 Å². The summed E-state index contributed by atoms with van der Waals surface area (Å²) in [5.74, 6) is 0.751. The molecule has 2 N–H and O–H groups in total. The molecule has 1 saturated carbocycles. The third kappa shape index (κ3) is 2.73. The molecule has 1 aliphatic carbocycles. The van der Waals surface area contributed by atoms with Gasteiger partial charge in [-0.3, -0.25) is 0 Å². The minimum atomic E-state index is 0.365. The maximum Gasteiger partial charge on any atom is 0.213 e. The van der Waals surface area contributed by atoms with Crippen LogP contribution in [-0.2, 0) is 6.54 Å². The van der Waals surface area contributed by atoms with Crippen molar-refractivity contribution in [1.29, 1.82) is 0 Å². The van der Waals surface area contributed by atoms with Crippen LogP contribution in [-0.4, -0.2) is 11.1 Å². The molecule has 16 heavy (non-hydrogen) atoms. The van der Waals surface area contributed by atoms with Gasteiger partial charge in [-0.1, -0.05) is 12.5 Å². The number of hydrogen-bond acceptors (Lipinski definition) is 3. The van der Waals surface area contributed by atoms with E-state index in [2.05, 4.69) is 4.98 Å². The van der Waals surface area contributed by atoms with E-state index in [0.717, 1.165) is 17.1 Å². The molecule has 2 rings (SSSR count). The third-order valence-electron chi connectivity index (χ3n) is 3.23. The van der Waals surface area contributed by atoms with Crippen LogP contribution >= 0.6 is 0 Å².